The summed E-state index contributed by atoms with van der Waals surface area (Å²) in [4.78, 5) is 2.53. The van der Waals surface area contributed by atoms with E-state index in [1.54, 1.807) is 0 Å². The molecule has 8 aromatic rings. The van der Waals surface area contributed by atoms with Gasteiger partial charge in [0.1, 0.15) is 0 Å². The van der Waals surface area contributed by atoms with Gasteiger partial charge in [0.25, 0.3) is 0 Å². The van der Waals surface area contributed by atoms with Crippen molar-refractivity contribution in [2.24, 2.45) is 0 Å². The topological polar surface area (TPSA) is 3.24 Å². The van der Waals surface area contributed by atoms with Gasteiger partial charge in [0.2, 0.25) is 0 Å². The van der Waals surface area contributed by atoms with Crippen LogP contribution in [-0.4, -0.2) is 0 Å². The summed E-state index contributed by atoms with van der Waals surface area (Å²) in [7, 11) is 0. The van der Waals surface area contributed by atoms with Crippen molar-refractivity contribution in [2.75, 3.05) is 4.90 Å². The zero-order valence-corrected chi connectivity index (χ0v) is 35.6. The van der Waals surface area contributed by atoms with Gasteiger partial charge in [0.15, 0.2) is 0 Å². The molecule has 0 amide bonds. The Labute approximate surface area is 356 Å². The van der Waals surface area contributed by atoms with Crippen LogP contribution in [0.1, 0.15) is 87.8 Å². The number of nitrogens with zero attached hydrogens (tertiary/aromatic N) is 1. The van der Waals surface area contributed by atoms with Crippen molar-refractivity contribution in [1.29, 1.82) is 0 Å². The number of hydrogen-bond acceptors (Lipinski definition) is 1. The van der Waals surface area contributed by atoms with Crippen molar-refractivity contribution >= 4 is 17.1 Å². The summed E-state index contributed by atoms with van der Waals surface area (Å²) in [6.07, 6.45) is 2.14. The fourth-order valence-electron chi connectivity index (χ4n) is 11.6. The van der Waals surface area contributed by atoms with Crippen molar-refractivity contribution in [3.8, 4) is 55.6 Å². The van der Waals surface area contributed by atoms with E-state index in [1.807, 2.05) is 0 Å². The lowest BCUT2D eigenvalue weighted by Crippen LogP contribution is -2.23. The third-order valence-electron chi connectivity index (χ3n) is 14.8. The van der Waals surface area contributed by atoms with Gasteiger partial charge in [0, 0.05) is 33.2 Å². The monoisotopic (exact) mass is 773 g/mol. The van der Waals surface area contributed by atoms with E-state index in [0.717, 1.165) is 24.2 Å². The number of rotatable bonds is 7. The van der Waals surface area contributed by atoms with Gasteiger partial charge in [-0.15, -0.1) is 0 Å². The Hall–Kier alpha value is -6.44. The Morgan fingerprint density at radius 3 is 1.62 bits per heavy atom. The molecular formula is C59H51N. The standard InChI is InChI=1S/C59H51N/c1-7-59(8-2)51-28-15-10-22-43(51)48-37-41(32-34-52(48)59)60(40-20-17-19-38(35-40)39-31-33-44-42-21-9-13-26-49(42)58(5,6)54(44)36-39)55-30-16-12-23-45(55)46-25-18-29-53-56(46)47-24-11-14-27-50(47)57(53,3)4/h9-37H,7-8H2,1-6H3. The SMILES string of the molecule is CCC1(CC)c2ccccc2-c2cc(N(c3cccc(-c4ccc5c(c4)C(C)(C)c4ccccc4-5)c3)c3ccccc3-c3cccc4c3-c3ccccc3C4(C)C)ccc21. The molecule has 0 aromatic heterocycles. The van der Waals surface area contributed by atoms with Gasteiger partial charge in [-0.05, 0) is 133 Å². The molecule has 1 nitrogen and oxygen atoms in total. The van der Waals surface area contributed by atoms with Gasteiger partial charge in [-0.1, -0.05) is 181 Å². The molecule has 8 aromatic carbocycles. The van der Waals surface area contributed by atoms with Crippen LogP contribution in [0.15, 0.2) is 176 Å². The Balaban J connectivity index is 1.13. The van der Waals surface area contributed by atoms with Crippen LogP contribution in [0.3, 0.4) is 0 Å². The molecule has 0 bridgehead atoms. The summed E-state index contributed by atoms with van der Waals surface area (Å²) in [6, 6.07) is 66.7. The molecule has 0 spiro atoms. The minimum absolute atomic E-state index is 0.0128. The van der Waals surface area contributed by atoms with Crippen LogP contribution in [0, 0.1) is 0 Å². The molecule has 0 atom stereocenters. The van der Waals surface area contributed by atoms with Gasteiger partial charge in [-0.25, -0.2) is 0 Å². The van der Waals surface area contributed by atoms with Gasteiger partial charge in [-0.3, -0.25) is 0 Å². The van der Waals surface area contributed by atoms with Crippen LogP contribution >= 0.6 is 0 Å². The quantitative estimate of drug-likeness (QED) is 0.156. The highest BCUT2D eigenvalue weighted by Gasteiger charge is 2.41. The average molecular weight is 774 g/mol. The zero-order valence-electron chi connectivity index (χ0n) is 35.6. The van der Waals surface area contributed by atoms with Crippen LogP contribution < -0.4 is 4.90 Å². The van der Waals surface area contributed by atoms with Crippen LogP contribution in [-0.2, 0) is 16.2 Å². The molecule has 0 fully saturated rings. The van der Waals surface area contributed by atoms with E-state index in [9.17, 15) is 0 Å². The van der Waals surface area contributed by atoms with E-state index in [0.29, 0.717) is 0 Å². The number of fused-ring (bicyclic) bond motifs is 9. The third kappa shape index (κ3) is 5.05. The van der Waals surface area contributed by atoms with E-state index in [2.05, 4.69) is 222 Å². The molecular weight excluding hydrogens is 723 g/mol. The molecule has 3 aliphatic carbocycles. The fraction of sp³-hybridized carbons (Fsp3) is 0.186. The third-order valence-corrected chi connectivity index (χ3v) is 14.8. The first-order valence-electron chi connectivity index (χ1n) is 21.9. The number of anilines is 3. The lowest BCUT2D eigenvalue weighted by molar-refractivity contribution is 0.490. The highest BCUT2D eigenvalue weighted by atomic mass is 15.1. The molecule has 0 saturated carbocycles. The first kappa shape index (κ1) is 36.6. The summed E-state index contributed by atoms with van der Waals surface area (Å²) in [5.41, 5.74) is 24.8. The van der Waals surface area contributed by atoms with Crippen LogP contribution in [0.5, 0.6) is 0 Å². The second-order valence-corrected chi connectivity index (χ2v) is 18.3. The van der Waals surface area contributed by atoms with Crippen molar-refractivity contribution in [1.82, 2.24) is 0 Å². The molecule has 0 N–H and O–H groups in total. The summed E-state index contributed by atoms with van der Waals surface area (Å²) < 4.78 is 0. The Kier molecular flexibility index (Phi) is 8.11. The average Bonchev–Trinajstić information content (AvgIpc) is 3.81. The smallest absolute Gasteiger partial charge is 0.0540 e. The van der Waals surface area contributed by atoms with Gasteiger partial charge in [0.05, 0.1) is 5.69 Å². The normalized spacial score (nSPS) is 15.4. The Bertz CT molecular complexity index is 3030. The molecule has 1 heteroatoms. The van der Waals surface area contributed by atoms with E-state index < -0.39 is 0 Å². The molecule has 0 unspecified atom stereocenters. The van der Waals surface area contributed by atoms with Crippen LogP contribution in [0.4, 0.5) is 17.1 Å². The predicted octanol–water partition coefficient (Wildman–Crippen LogP) is 16.2. The second-order valence-electron chi connectivity index (χ2n) is 18.3. The number of para-hydroxylation sites is 1. The molecule has 3 aliphatic rings. The predicted molar refractivity (Wildman–Crippen MR) is 254 cm³/mol. The first-order chi connectivity index (χ1) is 29.2. The zero-order chi connectivity index (χ0) is 41.0. The lowest BCUT2D eigenvalue weighted by Gasteiger charge is -2.31. The van der Waals surface area contributed by atoms with Crippen molar-refractivity contribution < 1.29 is 0 Å². The number of hydrogen-bond donors (Lipinski definition) is 0. The van der Waals surface area contributed by atoms with Gasteiger partial charge in [-0.2, -0.15) is 0 Å². The summed E-state index contributed by atoms with van der Waals surface area (Å²) >= 11 is 0. The van der Waals surface area contributed by atoms with Crippen molar-refractivity contribution in [3.05, 3.63) is 209 Å². The van der Waals surface area contributed by atoms with Crippen LogP contribution in [0.25, 0.3) is 55.6 Å². The van der Waals surface area contributed by atoms with E-state index >= 15 is 0 Å². The first-order valence-corrected chi connectivity index (χ1v) is 21.9. The lowest BCUT2D eigenvalue weighted by atomic mass is 9.74. The maximum absolute atomic E-state index is 2.53. The second kappa shape index (κ2) is 13.3. The summed E-state index contributed by atoms with van der Waals surface area (Å²) in [5, 5.41) is 0. The molecule has 292 valence electrons. The molecule has 0 aliphatic heterocycles. The largest absolute Gasteiger partial charge is 0.310 e. The maximum atomic E-state index is 2.53. The van der Waals surface area contributed by atoms with Crippen LogP contribution in [0.2, 0.25) is 0 Å². The van der Waals surface area contributed by atoms with Gasteiger partial charge < -0.3 is 4.90 Å². The molecule has 11 rings (SSSR count). The van der Waals surface area contributed by atoms with E-state index in [1.165, 1.54) is 94.7 Å². The fourth-order valence-corrected chi connectivity index (χ4v) is 11.6. The van der Waals surface area contributed by atoms with Crippen molar-refractivity contribution in [3.63, 3.8) is 0 Å². The molecule has 0 radical (unpaired) electrons. The Morgan fingerprint density at radius 2 is 0.867 bits per heavy atom. The Morgan fingerprint density at radius 1 is 0.350 bits per heavy atom. The maximum Gasteiger partial charge on any atom is 0.0540 e. The van der Waals surface area contributed by atoms with E-state index in [4.69, 9.17) is 0 Å². The highest BCUT2D eigenvalue weighted by Crippen LogP contribution is 2.57. The summed E-state index contributed by atoms with van der Waals surface area (Å²) in [5.74, 6) is 0. The number of benzene rings is 8. The molecule has 0 saturated heterocycles. The summed E-state index contributed by atoms with van der Waals surface area (Å²) in [6.45, 7) is 14.2. The van der Waals surface area contributed by atoms with Crippen molar-refractivity contribution in [2.45, 2.75) is 70.6 Å². The molecule has 60 heavy (non-hydrogen) atoms. The van der Waals surface area contributed by atoms with E-state index in [-0.39, 0.29) is 16.2 Å². The van der Waals surface area contributed by atoms with Gasteiger partial charge >= 0.3 is 0 Å². The minimum atomic E-state index is -0.0882. The highest BCUT2D eigenvalue weighted by molar-refractivity contribution is 5.99. The minimum Gasteiger partial charge on any atom is -0.310 e. The molecule has 0 heterocycles.